The molecule has 2 heterocycles. The van der Waals surface area contributed by atoms with Gasteiger partial charge in [-0.2, -0.15) is 5.10 Å². The Morgan fingerprint density at radius 2 is 2.30 bits per heavy atom. The summed E-state index contributed by atoms with van der Waals surface area (Å²) in [5, 5.41) is 10.3. The van der Waals surface area contributed by atoms with Gasteiger partial charge in [-0.05, 0) is 31.6 Å². The fourth-order valence-corrected chi connectivity index (χ4v) is 2.88. The number of anilines is 1. The number of aromatic nitrogens is 2. The summed E-state index contributed by atoms with van der Waals surface area (Å²) in [6, 6.07) is -0.0157. The molecule has 6 heteroatoms. The minimum absolute atomic E-state index is 0.143. The molecule has 1 aromatic rings. The fraction of sp³-hybridized carbons (Fsp3) is 0.714. The minimum atomic E-state index is -0.158. The lowest BCUT2D eigenvalue weighted by atomic mass is 10.1. The lowest BCUT2D eigenvalue weighted by Crippen LogP contribution is -2.43. The molecule has 0 spiro atoms. The zero-order chi connectivity index (χ0) is 14.1. The Bertz CT molecular complexity index is 495. The lowest BCUT2D eigenvalue weighted by molar-refractivity contribution is 0.0829. The van der Waals surface area contributed by atoms with E-state index < -0.39 is 0 Å². The van der Waals surface area contributed by atoms with Crippen LogP contribution in [0, 0.1) is 5.92 Å². The number of hydrogen-bond acceptors (Lipinski definition) is 3. The van der Waals surface area contributed by atoms with E-state index in [9.17, 15) is 4.79 Å². The molecule has 1 aliphatic heterocycles. The van der Waals surface area contributed by atoms with E-state index in [2.05, 4.69) is 15.7 Å². The van der Waals surface area contributed by atoms with Crippen molar-refractivity contribution >= 4 is 11.7 Å². The molecule has 2 fully saturated rings. The molecule has 1 aliphatic carbocycles. The highest BCUT2D eigenvalue weighted by Crippen LogP contribution is 2.38. The van der Waals surface area contributed by atoms with Crippen molar-refractivity contribution in [2.24, 2.45) is 13.0 Å². The zero-order valence-electron chi connectivity index (χ0n) is 12.1. The lowest BCUT2D eigenvalue weighted by Gasteiger charge is -2.19. The van der Waals surface area contributed by atoms with Crippen LogP contribution in [0.1, 0.15) is 31.9 Å². The summed E-state index contributed by atoms with van der Waals surface area (Å²) in [6.07, 6.45) is 6.21. The number of amides is 2. The monoisotopic (exact) mass is 278 g/mol. The summed E-state index contributed by atoms with van der Waals surface area (Å²) in [7, 11) is 1.86. The van der Waals surface area contributed by atoms with Gasteiger partial charge in [0, 0.05) is 19.9 Å². The number of hydrogen-bond donors (Lipinski definition) is 2. The number of carbonyl (C=O) groups excluding carboxylic acids is 1. The first-order valence-electron chi connectivity index (χ1n) is 7.39. The first-order chi connectivity index (χ1) is 9.67. The highest BCUT2D eigenvalue weighted by atomic mass is 16.5. The highest BCUT2D eigenvalue weighted by molar-refractivity contribution is 5.90. The van der Waals surface area contributed by atoms with Gasteiger partial charge in [-0.1, -0.05) is 6.92 Å². The molecule has 6 nitrogen and oxygen atoms in total. The highest BCUT2D eigenvalue weighted by Gasteiger charge is 2.41. The Morgan fingerprint density at radius 1 is 1.50 bits per heavy atom. The van der Waals surface area contributed by atoms with Gasteiger partial charge in [0.2, 0.25) is 0 Å². The zero-order valence-corrected chi connectivity index (χ0v) is 12.1. The molecule has 1 saturated carbocycles. The van der Waals surface area contributed by atoms with Gasteiger partial charge < -0.3 is 15.4 Å². The maximum absolute atomic E-state index is 12.1. The van der Waals surface area contributed by atoms with Crippen molar-refractivity contribution in [2.75, 3.05) is 11.9 Å². The van der Waals surface area contributed by atoms with Crippen LogP contribution in [0.3, 0.4) is 0 Å². The number of aryl methyl sites for hydroxylation is 2. The standard InChI is InChI=1S/C14H22N4O2/c1-3-10-12(8-18(2)17-10)16-14(19)15-11-6-7-20-13(11)9-4-5-9/h8-9,11,13H,3-7H2,1-2H3,(H2,15,16,19). The summed E-state index contributed by atoms with van der Waals surface area (Å²) in [5.41, 5.74) is 1.69. The maximum atomic E-state index is 12.1. The van der Waals surface area contributed by atoms with Gasteiger partial charge in [0.15, 0.2) is 0 Å². The summed E-state index contributed by atoms with van der Waals surface area (Å²) < 4.78 is 7.45. The van der Waals surface area contributed by atoms with E-state index in [1.54, 1.807) is 4.68 Å². The van der Waals surface area contributed by atoms with Gasteiger partial charge in [0.25, 0.3) is 0 Å². The third kappa shape index (κ3) is 2.80. The second-order valence-electron chi connectivity index (χ2n) is 5.68. The first-order valence-corrected chi connectivity index (χ1v) is 7.39. The van der Waals surface area contributed by atoms with E-state index in [1.165, 1.54) is 12.8 Å². The van der Waals surface area contributed by atoms with E-state index in [0.717, 1.165) is 30.8 Å². The number of nitrogens with zero attached hydrogens (tertiary/aromatic N) is 2. The van der Waals surface area contributed by atoms with E-state index in [1.807, 2.05) is 20.2 Å². The Hall–Kier alpha value is -1.56. The number of rotatable bonds is 4. The van der Waals surface area contributed by atoms with Crippen LogP contribution in [0.25, 0.3) is 0 Å². The molecule has 3 rings (SSSR count). The van der Waals surface area contributed by atoms with Crippen LogP contribution in [0.4, 0.5) is 10.5 Å². The predicted octanol–water partition coefficient (Wildman–Crippen LogP) is 1.67. The summed E-state index contributed by atoms with van der Waals surface area (Å²) in [4.78, 5) is 12.1. The van der Waals surface area contributed by atoms with Crippen molar-refractivity contribution in [3.8, 4) is 0 Å². The molecule has 2 amide bonds. The van der Waals surface area contributed by atoms with Crippen LogP contribution in [0.5, 0.6) is 0 Å². The molecule has 1 aromatic heterocycles. The molecule has 0 radical (unpaired) electrons. The van der Waals surface area contributed by atoms with E-state index in [-0.39, 0.29) is 18.2 Å². The second kappa shape index (κ2) is 5.44. The van der Waals surface area contributed by atoms with Crippen molar-refractivity contribution in [3.63, 3.8) is 0 Å². The molecule has 2 atom stereocenters. The fourth-order valence-electron chi connectivity index (χ4n) is 2.88. The minimum Gasteiger partial charge on any atom is -0.376 e. The van der Waals surface area contributed by atoms with Crippen LogP contribution in [0.15, 0.2) is 6.20 Å². The van der Waals surface area contributed by atoms with Crippen LogP contribution in [-0.4, -0.2) is 34.6 Å². The quantitative estimate of drug-likeness (QED) is 0.880. The van der Waals surface area contributed by atoms with Gasteiger partial charge in [-0.25, -0.2) is 4.79 Å². The largest absolute Gasteiger partial charge is 0.376 e. The molecular weight excluding hydrogens is 256 g/mol. The van der Waals surface area contributed by atoms with Crippen molar-refractivity contribution in [1.82, 2.24) is 15.1 Å². The third-order valence-corrected chi connectivity index (χ3v) is 4.03. The predicted molar refractivity (Wildman–Crippen MR) is 75.6 cm³/mol. The van der Waals surface area contributed by atoms with Crippen LogP contribution in [0.2, 0.25) is 0 Å². The average Bonchev–Trinajstić information content (AvgIpc) is 3.05. The molecule has 0 aromatic carbocycles. The Morgan fingerprint density at radius 3 is 3.00 bits per heavy atom. The van der Waals surface area contributed by atoms with Crippen LogP contribution < -0.4 is 10.6 Å². The van der Waals surface area contributed by atoms with E-state index >= 15 is 0 Å². The number of urea groups is 1. The third-order valence-electron chi connectivity index (χ3n) is 4.03. The van der Waals surface area contributed by atoms with Gasteiger partial charge in [0.1, 0.15) is 0 Å². The van der Waals surface area contributed by atoms with Crippen LogP contribution in [-0.2, 0) is 18.2 Å². The molecular formula is C14H22N4O2. The maximum Gasteiger partial charge on any atom is 0.319 e. The topological polar surface area (TPSA) is 68.2 Å². The molecule has 2 unspecified atom stereocenters. The summed E-state index contributed by atoms with van der Waals surface area (Å²) in [6.45, 7) is 2.78. The average molecular weight is 278 g/mol. The van der Waals surface area contributed by atoms with Gasteiger partial charge in [-0.3, -0.25) is 4.68 Å². The van der Waals surface area contributed by atoms with Gasteiger partial charge >= 0.3 is 6.03 Å². The van der Waals surface area contributed by atoms with E-state index in [0.29, 0.717) is 5.92 Å². The normalized spacial score (nSPS) is 25.7. The second-order valence-corrected chi connectivity index (χ2v) is 5.68. The molecule has 0 bridgehead atoms. The summed E-state index contributed by atoms with van der Waals surface area (Å²) >= 11 is 0. The van der Waals surface area contributed by atoms with Gasteiger partial charge in [-0.15, -0.1) is 0 Å². The Kier molecular flexibility index (Phi) is 3.65. The number of nitrogens with one attached hydrogen (secondary N) is 2. The van der Waals surface area contributed by atoms with Crippen molar-refractivity contribution in [1.29, 1.82) is 0 Å². The van der Waals surface area contributed by atoms with Crippen molar-refractivity contribution < 1.29 is 9.53 Å². The molecule has 2 N–H and O–H groups in total. The Balaban J connectivity index is 1.58. The number of carbonyl (C=O) groups is 1. The Labute approximate surface area is 118 Å². The van der Waals surface area contributed by atoms with Crippen molar-refractivity contribution in [2.45, 2.75) is 44.8 Å². The summed E-state index contributed by atoms with van der Waals surface area (Å²) in [5.74, 6) is 0.646. The number of ether oxygens (including phenoxy) is 1. The SMILES string of the molecule is CCc1nn(C)cc1NC(=O)NC1CCOC1C1CC1. The van der Waals surface area contributed by atoms with Crippen molar-refractivity contribution in [3.05, 3.63) is 11.9 Å². The first kappa shape index (κ1) is 13.4. The smallest absolute Gasteiger partial charge is 0.319 e. The molecule has 110 valence electrons. The van der Waals surface area contributed by atoms with E-state index in [4.69, 9.17) is 4.74 Å². The van der Waals surface area contributed by atoms with Gasteiger partial charge in [0.05, 0.1) is 23.5 Å². The molecule has 2 aliphatic rings. The van der Waals surface area contributed by atoms with Crippen LogP contribution >= 0.6 is 0 Å². The molecule has 1 saturated heterocycles. The molecule has 20 heavy (non-hydrogen) atoms.